The molecule has 15 heavy (non-hydrogen) atoms. The van der Waals surface area contributed by atoms with E-state index in [1.807, 2.05) is 6.07 Å². The fourth-order valence-corrected chi connectivity index (χ4v) is 1.40. The minimum absolute atomic E-state index is 0.371. The summed E-state index contributed by atoms with van der Waals surface area (Å²) in [4.78, 5) is 22.1. The molecule has 1 aromatic rings. The summed E-state index contributed by atoms with van der Waals surface area (Å²) in [6.45, 7) is 0. The molecule has 1 fully saturated rings. The van der Waals surface area contributed by atoms with E-state index in [1.165, 1.54) is 0 Å². The van der Waals surface area contributed by atoms with Crippen LogP contribution < -0.4 is 10.6 Å². The maximum atomic E-state index is 11.3. The van der Waals surface area contributed by atoms with Gasteiger partial charge in [-0.05, 0) is 17.7 Å². The number of imide groups is 1. The van der Waals surface area contributed by atoms with E-state index in [9.17, 15) is 9.59 Å². The Morgan fingerprint density at radius 3 is 2.33 bits per heavy atom. The Hall–Kier alpha value is -2.35. The van der Waals surface area contributed by atoms with Crippen LogP contribution in [0, 0.1) is 11.3 Å². The van der Waals surface area contributed by atoms with E-state index in [0.717, 1.165) is 0 Å². The number of nitriles is 1. The highest BCUT2D eigenvalue weighted by Crippen LogP contribution is 2.16. The standard InChI is InChI=1S/C10H7N3O2/c11-5-6-1-3-7(4-2-6)8-9(14)13-10(15)12-8/h1-4,8H,(H2,12,13,14,15). The highest BCUT2D eigenvalue weighted by atomic mass is 16.2. The molecule has 1 atom stereocenters. The summed E-state index contributed by atoms with van der Waals surface area (Å²) in [6, 6.07) is 7.34. The summed E-state index contributed by atoms with van der Waals surface area (Å²) in [7, 11) is 0. The smallest absolute Gasteiger partial charge is 0.322 e. The first-order valence-corrected chi connectivity index (χ1v) is 4.32. The lowest BCUT2D eigenvalue weighted by molar-refractivity contribution is -0.120. The summed E-state index contributed by atoms with van der Waals surface area (Å²) in [5, 5.41) is 13.2. The van der Waals surface area contributed by atoms with Crippen LogP contribution >= 0.6 is 0 Å². The lowest BCUT2D eigenvalue weighted by atomic mass is 10.1. The Morgan fingerprint density at radius 1 is 1.20 bits per heavy atom. The molecule has 1 aliphatic heterocycles. The average molecular weight is 201 g/mol. The molecule has 0 aromatic heterocycles. The highest BCUT2D eigenvalue weighted by Gasteiger charge is 2.30. The van der Waals surface area contributed by atoms with Crippen LogP contribution in [-0.4, -0.2) is 11.9 Å². The first kappa shape index (κ1) is 9.21. The fourth-order valence-electron chi connectivity index (χ4n) is 1.40. The Morgan fingerprint density at radius 2 is 1.87 bits per heavy atom. The van der Waals surface area contributed by atoms with Crippen LogP contribution in [0.15, 0.2) is 24.3 Å². The maximum Gasteiger partial charge on any atom is 0.322 e. The Balaban J connectivity index is 2.27. The van der Waals surface area contributed by atoms with Crippen LogP contribution in [0.3, 0.4) is 0 Å². The molecule has 1 aliphatic rings. The second-order valence-electron chi connectivity index (χ2n) is 3.13. The van der Waals surface area contributed by atoms with Crippen LogP contribution in [0.4, 0.5) is 4.79 Å². The van der Waals surface area contributed by atoms with Crippen LogP contribution in [0.25, 0.3) is 0 Å². The van der Waals surface area contributed by atoms with Gasteiger partial charge in [0.25, 0.3) is 5.91 Å². The average Bonchev–Trinajstić information content (AvgIpc) is 2.58. The Kier molecular flexibility index (Phi) is 2.10. The van der Waals surface area contributed by atoms with E-state index < -0.39 is 12.1 Å². The number of urea groups is 1. The third-order valence-corrected chi connectivity index (χ3v) is 2.15. The largest absolute Gasteiger partial charge is 0.322 e. The van der Waals surface area contributed by atoms with Crippen LogP contribution in [0.1, 0.15) is 17.2 Å². The third kappa shape index (κ3) is 1.65. The van der Waals surface area contributed by atoms with E-state index in [-0.39, 0.29) is 5.91 Å². The van der Waals surface area contributed by atoms with Gasteiger partial charge in [-0.25, -0.2) is 4.79 Å². The van der Waals surface area contributed by atoms with Crippen molar-refractivity contribution in [2.24, 2.45) is 0 Å². The van der Waals surface area contributed by atoms with E-state index in [2.05, 4.69) is 10.6 Å². The van der Waals surface area contributed by atoms with Gasteiger partial charge in [0.1, 0.15) is 6.04 Å². The summed E-state index contributed by atoms with van der Waals surface area (Å²) in [6.07, 6.45) is 0. The number of carbonyl (C=O) groups excluding carboxylic acids is 2. The zero-order valence-electron chi connectivity index (χ0n) is 7.65. The molecule has 3 amide bonds. The normalized spacial score (nSPS) is 19.3. The van der Waals surface area contributed by atoms with Crippen LogP contribution in [0.2, 0.25) is 0 Å². The number of amides is 3. The van der Waals surface area contributed by atoms with E-state index in [0.29, 0.717) is 11.1 Å². The van der Waals surface area contributed by atoms with Crippen molar-refractivity contribution in [1.29, 1.82) is 5.26 Å². The zero-order valence-corrected chi connectivity index (χ0v) is 7.65. The van der Waals surface area contributed by atoms with Gasteiger partial charge >= 0.3 is 6.03 Å². The van der Waals surface area contributed by atoms with Gasteiger partial charge in [-0.2, -0.15) is 5.26 Å². The number of rotatable bonds is 1. The highest BCUT2D eigenvalue weighted by molar-refractivity contribution is 6.04. The number of hydrogen-bond acceptors (Lipinski definition) is 3. The number of hydrogen-bond donors (Lipinski definition) is 2. The van der Waals surface area contributed by atoms with Gasteiger partial charge in [0.2, 0.25) is 0 Å². The van der Waals surface area contributed by atoms with Crippen molar-refractivity contribution in [1.82, 2.24) is 10.6 Å². The fraction of sp³-hybridized carbons (Fsp3) is 0.100. The molecule has 0 bridgehead atoms. The molecule has 0 radical (unpaired) electrons. The minimum Gasteiger partial charge on any atom is -0.322 e. The first-order chi connectivity index (χ1) is 7.20. The molecular formula is C10H7N3O2. The maximum absolute atomic E-state index is 11.3. The molecule has 5 nitrogen and oxygen atoms in total. The molecule has 0 saturated carbocycles. The summed E-state index contributed by atoms with van der Waals surface area (Å²) in [5.74, 6) is -0.371. The summed E-state index contributed by atoms with van der Waals surface area (Å²) >= 11 is 0. The molecule has 0 spiro atoms. The molecule has 74 valence electrons. The Bertz CT molecular complexity index is 459. The molecule has 1 unspecified atom stereocenters. The molecule has 0 aliphatic carbocycles. The number of carbonyl (C=O) groups is 2. The van der Waals surface area contributed by atoms with Gasteiger partial charge in [-0.15, -0.1) is 0 Å². The lowest BCUT2D eigenvalue weighted by Crippen LogP contribution is -2.22. The van der Waals surface area contributed by atoms with Gasteiger partial charge in [-0.1, -0.05) is 12.1 Å². The summed E-state index contributed by atoms with van der Waals surface area (Å²) in [5.41, 5.74) is 1.18. The van der Waals surface area contributed by atoms with Crippen LogP contribution in [0.5, 0.6) is 0 Å². The molecule has 1 heterocycles. The van der Waals surface area contributed by atoms with Crippen LogP contribution in [-0.2, 0) is 4.79 Å². The molecular weight excluding hydrogens is 194 g/mol. The molecule has 1 saturated heterocycles. The van der Waals surface area contributed by atoms with Crippen molar-refractivity contribution in [2.75, 3.05) is 0 Å². The number of nitrogens with one attached hydrogen (secondary N) is 2. The number of benzene rings is 1. The van der Waals surface area contributed by atoms with Crippen molar-refractivity contribution >= 4 is 11.9 Å². The quantitative estimate of drug-likeness (QED) is 0.647. The predicted molar refractivity (Wildman–Crippen MR) is 50.6 cm³/mol. The zero-order chi connectivity index (χ0) is 10.8. The van der Waals surface area contributed by atoms with Crippen molar-refractivity contribution in [2.45, 2.75) is 6.04 Å². The molecule has 5 heteroatoms. The monoisotopic (exact) mass is 201 g/mol. The second kappa shape index (κ2) is 3.42. The third-order valence-electron chi connectivity index (χ3n) is 2.15. The topological polar surface area (TPSA) is 82.0 Å². The minimum atomic E-state index is -0.648. The predicted octanol–water partition coefficient (Wildman–Crippen LogP) is 0.439. The summed E-state index contributed by atoms with van der Waals surface area (Å²) < 4.78 is 0. The van der Waals surface area contributed by atoms with Gasteiger partial charge in [0.15, 0.2) is 0 Å². The van der Waals surface area contributed by atoms with E-state index in [4.69, 9.17) is 5.26 Å². The van der Waals surface area contributed by atoms with Crippen molar-refractivity contribution in [3.8, 4) is 6.07 Å². The Labute approximate surface area is 85.7 Å². The van der Waals surface area contributed by atoms with Gasteiger partial charge < -0.3 is 5.32 Å². The molecule has 2 rings (SSSR count). The van der Waals surface area contributed by atoms with E-state index >= 15 is 0 Å². The van der Waals surface area contributed by atoms with Gasteiger partial charge in [0, 0.05) is 0 Å². The SMILES string of the molecule is N#Cc1ccc(C2NC(=O)NC2=O)cc1. The van der Waals surface area contributed by atoms with Crippen molar-refractivity contribution in [3.05, 3.63) is 35.4 Å². The molecule has 1 aromatic carbocycles. The van der Waals surface area contributed by atoms with Crippen molar-refractivity contribution < 1.29 is 9.59 Å². The van der Waals surface area contributed by atoms with Gasteiger partial charge in [0.05, 0.1) is 11.6 Å². The lowest BCUT2D eigenvalue weighted by Gasteiger charge is -2.06. The second-order valence-corrected chi connectivity index (χ2v) is 3.13. The number of nitrogens with zero attached hydrogens (tertiary/aromatic N) is 1. The van der Waals surface area contributed by atoms with Gasteiger partial charge in [-0.3, -0.25) is 10.1 Å². The first-order valence-electron chi connectivity index (χ1n) is 4.32. The van der Waals surface area contributed by atoms with E-state index in [1.54, 1.807) is 24.3 Å². The van der Waals surface area contributed by atoms with Crippen molar-refractivity contribution in [3.63, 3.8) is 0 Å². The molecule has 2 N–H and O–H groups in total.